The van der Waals surface area contributed by atoms with E-state index in [1.165, 1.54) is 18.5 Å². The molecule has 1 saturated carbocycles. The van der Waals surface area contributed by atoms with Crippen LogP contribution in [-0.4, -0.2) is 57.2 Å². The molecular weight excluding hydrogens is 366 g/mol. The number of anilines is 3. The summed E-state index contributed by atoms with van der Waals surface area (Å²) in [5.74, 6) is 3.07. The molecule has 0 atom stereocenters. The molecule has 0 radical (unpaired) electrons. The van der Waals surface area contributed by atoms with Crippen molar-refractivity contribution in [3.8, 4) is 0 Å². The van der Waals surface area contributed by atoms with Crippen molar-refractivity contribution in [3.63, 3.8) is 0 Å². The summed E-state index contributed by atoms with van der Waals surface area (Å²) in [5, 5.41) is 10.7. The van der Waals surface area contributed by atoms with E-state index >= 15 is 0 Å². The number of aromatic amines is 1. The third-order valence-electron chi connectivity index (χ3n) is 5.77. The summed E-state index contributed by atoms with van der Waals surface area (Å²) in [6, 6.07) is 4.24. The first-order chi connectivity index (χ1) is 13.8. The number of carbonyl (C=O) groups is 1. The van der Waals surface area contributed by atoms with Crippen molar-refractivity contribution in [1.29, 1.82) is 0 Å². The van der Waals surface area contributed by atoms with Crippen molar-refractivity contribution in [3.05, 3.63) is 24.0 Å². The monoisotopic (exact) mass is 397 g/mol. The van der Waals surface area contributed by atoms with Crippen LogP contribution in [-0.2, 0) is 4.79 Å². The van der Waals surface area contributed by atoms with Crippen LogP contribution in [0.15, 0.2) is 18.3 Å². The van der Waals surface area contributed by atoms with Gasteiger partial charge in [0.05, 0.1) is 0 Å². The van der Waals surface area contributed by atoms with Gasteiger partial charge < -0.3 is 15.1 Å². The minimum atomic E-state index is -0.326. The smallest absolute Gasteiger partial charge is 0.227 e. The van der Waals surface area contributed by atoms with E-state index in [1.807, 2.05) is 38.8 Å². The summed E-state index contributed by atoms with van der Waals surface area (Å²) < 4.78 is 0. The molecule has 1 aliphatic heterocycles. The van der Waals surface area contributed by atoms with E-state index in [0.29, 0.717) is 17.9 Å². The zero-order valence-electron chi connectivity index (χ0n) is 17.8. The second-order valence-electron chi connectivity index (χ2n) is 9.23. The predicted molar refractivity (Wildman–Crippen MR) is 113 cm³/mol. The van der Waals surface area contributed by atoms with E-state index in [0.717, 1.165) is 37.6 Å². The van der Waals surface area contributed by atoms with E-state index in [-0.39, 0.29) is 11.3 Å². The van der Waals surface area contributed by atoms with E-state index in [1.54, 1.807) is 6.20 Å². The van der Waals surface area contributed by atoms with Gasteiger partial charge in [-0.15, -0.1) is 0 Å². The first-order valence-electron chi connectivity index (χ1n) is 10.5. The lowest BCUT2D eigenvalue weighted by atomic mass is 9.93. The van der Waals surface area contributed by atoms with Crippen molar-refractivity contribution >= 4 is 23.5 Å². The predicted octanol–water partition coefficient (Wildman–Crippen LogP) is 3.29. The van der Waals surface area contributed by atoms with Crippen LogP contribution < -0.4 is 10.2 Å². The zero-order chi connectivity index (χ0) is 20.6. The Morgan fingerprint density at radius 3 is 2.59 bits per heavy atom. The van der Waals surface area contributed by atoms with Gasteiger partial charge in [-0.25, -0.2) is 4.98 Å². The highest BCUT2D eigenvalue weighted by atomic mass is 16.2. The zero-order valence-corrected chi connectivity index (χ0v) is 17.8. The minimum absolute atomic E-state index is 0.227. The summed E-state index contributed by atoms with van der Waals surface area (Å²) in [6.07, 6.45) is 6.09. The molecule has 3 heterocycles. The average molecular weight is 398 g/mol. The number of likely N-dealkylation sites (tertiary alicyclic amines) is 1. The fourth-order valence-corrected chi connectivity index (χ4v) is 3.82. The van der Waals surface area contributed by atoms with Gasteiger partial charge in [0, 0.05) is 55.5 Å². The van der Waals surface area contributed by atoms with Crippen LogP contribution in [0.4, 0.5) is 17.6 Å². The molecule has 2 aromatic heterocycles. The Balaban J connectivity index is 1.37. The maximum atomic E-state index is 12.5. The Morgan fingerprint density at radius 2 is 1.93 bits per heavy atom. The summed E-state index contributed by atoms with van der Waals surface area (Å²) >= 11 is 0. The molecule has 1 saturated heterocycles. The first-order valence-corrected chi connectivity index (χ1v) is 10.5. The highest BCUT2D eigenvalue weighted by molar-refractivity contribution is 5.81. The summed E-state index contributed by atoms with van der Waals surface area (Å²) in [6.45, 7) is 7.49. The Labute approximate surface area is 172 Å². The van der Waals surface area contributed by atoms with Crippen LogP contribution >= 0.6 is 0 Å². The lowest BCUT2D eigenvalue weighted by molar-refractivity contribution is -0.140. The van der Waals surface area contributed by atoms with E-state index < -0.39 is 0 Å². The normalized spacial score (nSPS) is 18.0. The molecule has 8 nitrogen and oxygen atoms in total. The molecule has 29 heavy (non-hydrogen) atoms. The standard InChI is InChI=1S/C21H31N7O/c1-21(2,3)19(29)28-11-8-15(9-12-28)27(4)20-22-10-7-17(24-20)23-18-13-16(25-26-18)14-5-6-14/h7,10,13-15H,5-6,8-9,11-12H2,1-4H3,(H2,22,23,24,25,26). The maximum Gasteiger partial charge on any atom is 0.227 e. The number of H-pyrrole nitrogens is 1. The van der Waals surface area contributed by atoms with E-state index in [4.69, 9.17) is 0 Å². The largest absolute Gasteiger partial charge is 0.342 e. The molecule has 156 valence electrons. The number of piperidine rings is 1. The van der Waals surface area contributed by atoms with Gasteiger partial charge in [0.25, 0.3) is 0 Å². The lowest BCUT2D eigenvalue weighted by Crippen LogP contribution is -2.49. The Morgan fingerprint density at radius 1 is 1.21 bits per heavy atom. The number of amides is 1. The molecule has 0 bridgehead atoms. The Bertz CT molecular complexity index is 860. The molecule has 4 rings (SSSR count). The van der Waals surface area contributed by atoms with Gasteiger partial charge in [-0.1, -0.05) is 20.8 Å². The number of aromatic nitrogens is 4. The molecule has 0 unspecified atom stereocenters. The Kier molecular flexibility index (Phi) is 5.19. The van der Waals surface area contributed by atoms with Crippen LogP contribution in [0.3, 0.4) is 0 Å². The minimum Gasteiger partial charge on any atom is -0.342 e. The van der Waals surface area contributed by atoms with Crippen molar-refractivity contribution < 1.29 is 4.79 Å². The Hall–Kier alpha value is -2.64. The van der Waals surface area contributed by atoms with Gasteiger partial charge >= 0.3 is 0 Å². The third-order valence-corrected chi connectivity index (χ3v) is 5.77. The van der Waals surface area contributed by atoms with Gasteiger partial charge in [-0.3, -0.25) is 9.89 Å². The number of hydrogen-bond acceptors (Lipinski definition) is 6. The highest BCUT2D eigenvalue weighted by Gasteiger charge is 2.32. The molecule has 0 spiro atoms. The van der Waals surface area contributed by atoms with Gasteiger partial charge in [0.2, 0.25) is 11.9 Å². The molecule has 2 aromatic rings. The molecule has 1 amide bonds. The molecule has 8 heteroatoms. The molecule has 2 fully saturated rings. The van der Waals surface area contributed by atoms with Crippen LogP contribution in [0.25, 0.3) is 0 Å². The quantitative estimate of drug-likeness (QED) is 0.805. The summed E-state index contributed by atoms with van der Waals surface area (Å²) in [4.78, 5) is 25.8. The highest BCUT2D eigenvalue weighted by Crippen LogP contribution is 2.39. The summed E-state index contributed by atoms with van der Waals surface area (Å²) in [5.41, 5.74) is 0.864. The summed E-state index contributed by atoms with van der Waals surface area (Å²) in [7, 11) is 2.03. The molecule has 2 aliphatic rings. The fraction of sp³-hybridized carbons (Fsp3) is 0.619. The molecule has 1 aliphatic carbocycles. The topological polar surface area (TPSA) is 90.0 Å². The first kappa shape index (κ1) is 19.7. The second kappa shape index (κ2) is 7.65. The van der Waals surface area contributed by atoms with Crippen molar-refractivity contribution in [2.24, 2.45) is 5.41 Å². The van der Waals surface area contributed by atoms with Crippen molar-refractivity contribution in [2.45, 2.75) is 58.4 Å². The van der Waals surface area contributed by atoms with E-state index in [9.17, 15) is 4.79 Å². The van der Waals surface area contributed by atoms with Gasteiger partial charge in [-0.2, -0.15) is 10.1 Å². The number of rotatable bonds is 5. The van der Waals surface area contributed by atoms with Gasteiger partial charge in [-0.05, 0) is 31.7 Å². The SMILES string of the molecule is CN(c1nccc(Nc2cc(C3CC3)[nH]n2)n1)C1CCN(C(=O)C(C)(C)C)CC1. The van der Waals surface area contributed by atoms with Gasteiger partial charge in [0.1, 0.15) is 5.82 Å². The van der Waals surface area contributed by atoms with Gasteiger partial charge in [0.15, 0.2) is 5.82 Å². The maximum absolute atomic E-state index is 12.5. The molecule has 0 aromatic carbocycles. The van der Waals surface area contributed by atoms with Crippen LogP contribution in [0, 0.1) is 5.41 Å². The fourth-order valence-electron chi connectivity index (χ4n) is 3.82. The number of hydrogen-bond donors (Lipinski definition) is 2. The third kappa shape index (κ3) is 4.52. The number of carbonyl (C=O) groups excluding carboxylic acids is 1. The lowest BCUT2D eigenvalue weighted by Gasteiger charge is -2.39. The average Bonchev–Trinajstić information content (AvgIpc) is 3.46. The molecular formula is C21H31N7O. The van der Waals surface area contributed by atoms with Crippen LogP contribution in [0.2, 0.25) is 0 Å². The number of nitrogens with zero attached hydrogens (tertiary/aromatic N) is 5. The van der Waals surface area contributed by atoms with Crippen LogP contribution in [0.1, 0.15) is 58.1 Å². The second-order valence-corrected chi connectivity index (χ2v) is 9.23. The number of nitrogens with one attached hydrogen (secondary N) is 2. The van der Waals surface area contributed by atoms with Crippen molar-refractivity contribution in [1.82, 2.24) is 25.1 Å². The molecule has 2 N–H and O–H groups in total. The van der Waals surface area contributed by atoms with E-state index in [2.05, 4.69) is 36.4 Å². The van der Waals surface area contributed by atoms with Crippen molar-refractivity contribution in [2.75, 3.05) is 30.4 Å². The van der Waals surface area contributed by atoms with Crippen LogP contribution in [0.5, 0.6) is 0 Å².